The second kappa shape index (κ2) is 11.1. The molecule has 2 heterocycles. The van der Waals surface area contributed by atoms with Crippen molar-refractivity contribution < 1.29 is 23.1 Å². The van der Waals surface area contributed by atoms with E-state index in [0.717, 1.165) is 12.1 Å². The summed E-state index contributed by atoms with van der Waals surface area (Å²) in [5.41, 5.74) is 5.41. The summed E-state index contributed by atoms with van der Waals surface area (Å²) in [5, 5.41) is 13.3. The molecule has 152 valence electrons. The van der Waals surface area contributed by atoms with Crippen LogP contribution in [0.5, 0.6) is 0 Å². The molecule has 10 nitrogen and oxygen atoms in total. The Balaban J connectivity index is 0.000000229. The van der Waals surface area contributed by atoms with Gasteiger partial charge in [0.15, 0.2) is 0 Å². The first kappa shape index (κ1) is 23.2. The van der Waals surface area contributed by atoms with Crippen molar-refractivity contribution in [1.82, 2.24) is 9.97 Å². The zero-order chi connectivity index (χ0) is 21.9. The van der Waals surface area contributed by atoms with E-state index in [2.05, 4.69) is 9.97 Å². The smallest absolute Gasteiger partial charge is 0.335 e. The topological polar surface area (TPSA) is 186 Å². The van der Waals surface area contributed by atoms with Gasteiger partial charge in [0.05, 0.1) is 10.5 Å². The van der Waals surface area contributed by atoms with Crippen LogP contribution in [-0.4, -0.2) is 35.4 Å². The van der Waals surface area contributed by atoms with Gasteiger partial charge < -0.3 is 15.8 Å². The third kappa shape index (κ3) is 9.08. The molecule has 0 aliphatic heterocycles. The summed E-state index contributed by atoms with van der Waals surface area (Å²) < 4.78 is 21.5. The lowest BCUT2D eigenvalue weighted by Gasteiger charge is -1.97. The first-order chi connectivity index (χ1) is 13.6. The van der Waals surface area contributed by atoms with Gasteiger partial charge in [-0.05, 0) is 42.5 Å². The molecule has 0 radical (unpaired) electrons. The number of carboxylic acid groups (broad SMARTS) is 1. The maximum atomic E-state index is 10.7. The minimum atomic E-state index is -3.74. The summed E-state index contributed by atoms with van der Waals surface area (Å²) in [6.07, 6.45) is 4.66. The van der Waals surface area contributed by atoms with Crippen molar-refractivity contribution in [3.63, 3.8) is 0 Å². The van der Waals surface area contributed by atoms with E-state index >= 15 is 0 Å². The van der Waals surface area contributed by atoms with Crippen LogP contribution >= 0.6 is 0 Å². The number of nitrogens with two attached hydrogens (primary N) is 2. The summed E-state index contributed by atoms with van der Waals surface area (Å²) in [5.74, 6) is -1.53. The van der Waals surface area contributed by atoms with Gasteiger partial charge in [-0.1, -0.05) is 6.07 Å². The Hall–Kier alpha value is -3.83. The number of aromatic nitrogens is 2. The zero-order valence-corrected chi connectivity index (χ0v) is 15.7. The van der Waals surface area contributed by atoms with Crippen LogP contribution in [-0.2, 0) is 10.0 Å². The third-order valence-electron chi connectivity index (χ3n) is 3.08. The number of carbonyl (C=O) groups excluding carboxylic acids is 1. The maximum absolute atomic E-state index is 10.7. The molecule has 1 aromatic carbocycles. The van der Waals surface area contributed by atoms with E-state index < -0.39 is 21.9 Å². The van der Waals surface area contributed by atoms with Crippen LogP contribution in [0.25, 0.3) is 0 Å². The molecule has 3 aromatic rings. The molecule has 0 saturated heterocycles. The number of H-pyrrole nitrogens is 1. The zero-order valence-electron chi connectivity index (χ0n) is 14.9. The van der Waals surface area contributed by atoms with Gasteiger partial charge in [-0.15, -0.1) is 0 Å². The molecule has 1 amide bonds. The van der Waals surface area contributed by atoms with Crippen molar-refractivity contribution >= 4 is 21.9 Å². The number of pyridine rings is 2. The first-order valence-electron chi connectivity index (χ1n) is 7.81. The van der Waals surface area contributed by atoms with Crippen molar-refractivity contribution in [3.8, 4) is 0 Å². The number of nitrogens with one attached hydrogen (secondary N) is 1. The molecule has 2 aromatic heterocycles. The van der Waals surface area contributed by atoms with Gasteiger partial charge in [0.1, 0.15) is 0 Å². The Morgan fingerprint density at radius 2 is 1.52 bits per heavy atom. The van der Waals surface area contributed by atoms with Crippen molar-refractivity contribution in [2.75, 3.05) is 0 Å². The number of rotatable bonds is 3. The molecule has 6 N–H and O–H groups in total. The molecule has 0 spiro atoms. The lowest BCUT2D eigenvalue weighted by Crippen LogP contribution is -2.12. The fourth-order valence-electron chi connectivity index (χ4n) is 1.68. The number of benzene rings is 1. The molecule has 0 aliphatic rings. The molecule has 0 saturated carbocycles. The van der Waals surface area contributed by atoms with Gasteiger partial charge in [-0.3, -0.25) is 14.6 Å². The molecular formula is C18H18N4O6S. The minimum absolute atomic E-state index is 0.0207. The van der Waals surface area contributed by atoms with Crippen LogP contribution in [0, 0.1) is 0 Å². The summed E-state index contributed by atoms with van der Waals surface area (Å²) in [6, 6.07) is 12.7. The van der Waals surface area contributed by atoms with E-state index in [0.29, 0.717) is 5.56 Å². The van der Waals surface area contributed by atoms with Crippen LogP contribution in [0.3, 0.4) is 0 Å². The van der Waals surface area contributed by atoms with E-state index in [1.54, 1.807) is 30.5 Å². The maximum Gasteiger partial charge on any atom is 0.335 e. The molecule has 0 bridgehead atoms. The number of carbonyl (C=O) groups is 2. The summed E-state index contributed by atoms with van der Waals surface area (Å²) in [7, 11) is -3.74. The van der Waals surface area contributed by atoms with E-state index in [1.165, 1.54) is 30.6 Å². The highest BCUT2D eigenvalue weighted by Crippen LogP contribution is 2.08. The average molecular weight is 418 g/mol. The van der Waals surface area contributed by atoms with Gasteiger partial charge in [-0.2, -0.15) is 0 Å². The van der Waals surface area contributed by atoms with E-state index in [-0.39, 0.29) is 16.0 Å². The highest BCUT2D eigenvalue weighted by molar-refractivity contribution is 7.89. The average Bonchev–Trinajstić information content (AvgIpc) is 2.69. The van der Waals surface area contributed by atoms with Crippen LogP contribution in [0.15, 0.2) is 82.9 Å². The number of carboxylic acids is 1. The highest BCUT2D eigenvalue weighted by Gasteiger charge is 2.08. The predicted molar refractivity (Wildman–Crippen MR) is 105 cm³/mol. The van der Waals surface area contributed by atoms with Crippen LogP contribution < -0.4 is 16.4 Å². The van der Waals surface area contributed by atoms with E-state index in [4.69, 9.17) is 16.0 Å². The van der Waals surface area contributed by atoms with Crippen molar-refractivity contribution in [2.24, 2.45) is 10.9 Å². The molecule has 11 heteroatoms. The SMILES string of the molecule is NC(=O)c1ccncc1.NS(=O)(=O)c1ccc(C(=O)O)cc1.O=c1cccc[nH]1. The van der Waals surface area contributed by atoms with Crippen LogP contribution in [0.2, 0.25) is 0 Å². The number of hydrogen-bond donors (Lipinski definition) is 4. The third-order valence-corrected chi connectivity index (χ3v) is 4.00. The highest BCUT2D eigenvalue weighted by atomic mass is 32.2. The number of primary sulfonamides is 1. The minimum Gasteiger partial charge on any atom is -0.478 e. The fourth-order valence-corrected chi connectivity index (χ4v) is 2.20. The summed E-state index contributed by atoms with van der Waals surface area (Å²) in [4.78, 5) is 37.1. The van der Waals surface area contributed by atoms with Gasteiger partial charge in [0.2, 0.25) is 21.5 Å². The normalized spacial score (nSPS) is 9.83. The number of nitrogens with zero attached hydrogens (tertiary/aromatic N) is 1. The number of hydrogen-bond acceptors (Lipinski definition) is 6. The second-order valence-corrected chi connectivity index (χ2v) is 6.76. The Morgan fingerprint density at radius 3 is 1.83 bits per heavy atom. The van der Waals surface area contributed by atoms with Crippen LogP contribution in [0.1, 0.15) is 20.7 Å². The molecular weight excluding hydrogens is 400 g/mol. The fraction of sp³-hybridized carbons (Fsp3) is 0. The monoisotopic (exact) mass is 418 g/mol. The number of aromatic amines is 1. The summed E-state index contributed by atoms with van der Waals surface area (Å²) >= 11 is 0. The van der Waals surface area contributed by atoms with Crippen molar-refractivity contribution in [3.05, 3.63) is 94.7 Å². The summed E-state index contributed by atoms with van der Waals surface area (Å²) in [6.45, 7) is 0. The van der Waals surface area contributed by atoms with Crippen molar-refractivity contribution in [1.29, 1.82) is 0 Å². The largest absolute Gasteiger partial charge is 0.478 e. The molecule has 0 fully saturated rings. The van der Waals surface area contributed by atoms with E-state index in [1.807, 2.05) is 0 Å². The number of amides is 1. The quantitative estimate of drug-likeness (QED) is 0.479. The standard InChI is InChI=1S/C7H7NO4S.C6H6N2O.C5H5NO/c8-13(11,12)6-3-1-5(2-4-6)7(9)10;7-6(9)5-1-3-8-4-2-5;7-5-3-1-2-4-6-5/h1-4H,(H,9,10)(H2,8,11,12);1-4H,(H2,7,9);1-4H,(H,6,7). The molecule has 29 heavy (non-hydrogen) atoms. The van der Waals surface area contributed by atoms with E-state index in [9.17, 15) is 22.8 Å². The first-order valence-corrected chi connectivity index (χ1v) is 9.35. The molecule has 0 aliphatic carbocycles. The van der Waals surface area contributed by atoms with Crippen molar-refractivity contribution in [2.45, 2.75) is 4.90 Å². The Morgan fingerprint density at radius 1 is 0.931 bits per heavy atom. The van der Waals surface area contributed by atoms with Gasteiger partial charge >= 0.3 is 5.97 Å². The lowest BCUT2D eigenvalue weighted by molar-refractivity contribution is 0.0696. The number of aromatic carboxylic acids is 1. The number of primary amides is 1. The predicted octanol–water partition coefficient (Wildman–Crippen LogP) is 0.588. The van der Waals surface area contributed by atoms with Gasteiger partial charge in [0.25, 0.3) is 0 Å². The van der Waals surface area contributed by atoms with Gasteiger partial charge in [0, 0.05) is 30.2 Å². The lowest BCUT2D eigenvalue weighted by atomic mass is 10.2. The Labute approximate surface area is 165 Å². The molecule has 0 unspecified atom stereocenters. The molecule has 3 rings (SSSR count). The Bertz CT molecular complexity index is 1080. The van der Waals surface area contributed by atoms with Gasteiger partial charge in [-0.25, -0.2) is 18.4 Å². The molecule has 0 atom stereocenters. The second-order valence-electron chi connectivity index (χ2n) is 5.20. The Kier molecular flexibility index (Phi) is 8.89. The van der Waals surface area contributed by atoms with Crippen LogP contribution in [0.4, 0.5) is 0 Å². The number of sulfonamides is 1.